The van der Waals surface area contributed by atoms with E-state index in [0.29, 0.717) is 19.4 Å². The highest BCUT2D eigenvalue weighted by molar-refractivity contribution is 7.11. The van der Waals surface area contributed by atoms with Gasteiger partial charge in [-0.05, 0) is 19.3 Å². The maximum absolute atomic E-state index is 12.4. The highest BCUT2D eigenvalue weighted by atomic mass is 32.1. The Kier molecular flexibility index (Phi) is 4.75. The molecule has 2 heterocycles. The van der Waals surface area contributed by atoms with E-state index in [-0.39, 0.29) is 17.9 Å². The maximum atomic E-state index is 12.4. The van der Waals surface area contributed by atoms with Crippen LogP contribution in [0.5, 0.6) is 0 Å². The van der Waals surface area contributed by atoms with E-state index in [0.717, 1.165) is 11.4 Å². The third-order valence-corrected chi connectivity index (χ3v) is 4.75. The molecule has 1 aromatic rings. The zero-order chi connectivity index (χ0) is 14.7. The smallest absolute Gasteiger partial charge is 0.246 e. The summed E-state index contributed by atoms with van der Waals surface area (Å²) in [7, 11) is 0. The van der Waals surface area contributed by atoms with Gasteiger partial charge in [0.1, 0.15) is 17.1 Å². The lowest BCUT2D eigenvalue weighted by molar-refractivity contribution is -0.150. The molecule has 110 valence electrons. The second kappa shape index (κ2) is 6.35. The molecule has 0 radical (unpaired) electrons. The standard InChI is InChI=1S/C14H21N3O2S/c1-4-9-7-15-12(20-9)8-17-11(6-3)13(18)16-10(5-2)14(17)19/h7,10-11H,4-6,8H2,1-3H3,(H,16,18). The van der Waals surface area contributed by atoms with Crippen molar-refractivity contribution in [3.63, 3.8) is 0 Å². The van der Waals surface area contributed by atoms with Crippen molar-refractivity contribution in [3.05, 3.63) is 16.1 Å². The van der Waals surface area contributed by atoms with Gasteiger partial charge in [0.2, 0.25) is 11.8 Å². The predicted octanol–water partition coefficient (Wildman–Crippen LogP) is 1.72. The number of carbonyl (C=O) groups excluding carboxylic acids is 2. The third-order valence-electron chi connectivity index (χ3n) is 3.63. The van der Waals surface area contributed by atoms with Crippen LogP contribution in [0.4, 0.5) is 0 Å². The van der Waals surface area contributed by atoms with E-state index < -0.39 is 6.04 Å². The minimum Gasteiger partial charge on any atom is -0.343 e. The van der Waals surface area contributed by atoms with Crippen molar-refractivity contribution < 1.29 is 9.59 Å². The highest BCUT2D eigenvalue weighted by Crippen LogP contribution is 2.21. The number of aryl methyl sites for hydroxylation is 1. The van der Waals surface area contributed by atoms with Crippen LogP contribution in [0.3, 0.4) is 0 Å². The first kappa shape index (κ1) is 15.0. The molecule has 2 amide bonds. The highest BCUT2D eigenvalue weighted by Gasteiger charge is 2.38. The number of aromatic nitrogens is 1. The number of rotatable bonds is 5. The summed E-state index contributed by atoms with van der Waals surface area (Å²) >= 11 is 1.61. The van der Waals surface area contributed by atoms with Crippen LogP contribution in [0.1, 0.15) is 43.5 Å². The number of hydrogen-bond acceptors (Lipinski definition) is 4. The van der Waals surface area contributed by atoms with E-state index >= 15 is 0 Å². The van der Waals surface area contributed by atoms with Crippen molar-refractivity contribution in [2.24, 2.45) is 0 Å². The number of thiazole rings is 1. The van der Waals surface area contributed by atoms with Gasteiger partial charge in [0.05, 0.1) is 6.54 Å². The number of carbonyl (C=O) groups is 2. The molecule has 1 aliphatic rings. The number of amides is 2. The lowest BCUT2D eigenvalue weighted by Gasteiger charge is -2.37. The van der Waals surface area contributed by atoms with Gasteiger partial charge in [-0.25, -0.2) is 4.98 Å². The summed E-state index contributed by atoms with van der Waals surface area (Å²) in [6.07, 6.45) is 4.04. The van der Waals surface area contributed by atoms with Crippen molar-refractivity contribution in [3.8, 4) is 0 Å². The molecule has 5 nitrogen and oxygen atoms in total. The van der Waals surface area contributed by atoms with Crippen LogP contribution >= 0.6 is 11.3 Å². The van der Waals surface area contributed by atoms with Crippen LogP contribution in [-0.2, 0) is 22.6 Å². The molecule has 2 atom stereocenters. The van der Waals surface area contributed by atoms with Crippen molar-refractivity contribution in [1.82, 2.24) is 15.2 Å². The fourth-order valence-electron chi connectivity index (χ4n) is 2.43. The lowest BCUT2D eigenvalue weighted by Crippen LogP contribution is -2.62. The molecule has 1 aromatic heterocycles. The van der Waals surface area contributed by atoms with Gasteiger partial charge in [0.15, 0.2) is 0 Å². The van der Waals surface area contributed by atoms with Gasteiger partial charge in [0.25, 0.3) is 0 Å². The van der Waals surface area contributed by atoms with Crippen LogP contribution < -0.4 is 5.32 Å². The minimum atomic E-state index is -0.393. The molecule has 1 aliphatic heterocycles. The largest absolute Gasteiger partial charge is 0.343 e. The molecule has 2 rings (SSSR count). The first-order valence-electron chi connectivity index (χ1n) is 7.15. The van der Waals surface area contributed by atoms with Crippen LogP contribution in [0, 0.1) is 0 Å². The normalized spacial score (nSPS) is 23.1. The Labute approximate surface area is 123 Å². The first-order chi connectivity index (χ1) is 9.60. The first-order valence-corrected chi connectivity index (χ1v) is 7.96. The van der Waals surface area contributed by atoms with Crippen LogP contribution in [-0.4, -0.2) is 33.8 Å². The molecule has 0 spiro atoms. The van der Waals surface area contributed by atoms with E-state index in [4.69, 9.17) is 0 Å². The monoisotopic (exact) mass is 295 g/mol. The second-order valence-corrected chi connectivity index (χ2v) is 6.13. The van der Waals surface area contributed by atoms with Gasteiger partial charge >= 0.3 is 0 Å². The Hall–Kier alpha value is -1.43. The SMILES string of the molecule is CCc1cnc(CN2C(=O)C(CC)NC(=O)C2CC)s1. The number of nitrogens with zero attached hydrogens (tertiary/aromatic N) is 2. The molecular weight excluding hydrogens is 274 g/mol. The van der Waals surface area contributed by atoms with Gasteiger partial charge in [-0.15, -0.1) is 11.3 Å². The van der Waals surface area contributed by atoms with E-state index in [2.05, 4.69) is 17.2 Å². The molecular formula is C14H21N3O2S. The zero-order valence-corrected chi connectivity index (χ0v) is 13.0. The van der Waals surface area contributed by atoms with Crippen LogP contribution in [0.15, 0.2) is 6.20 Å². The Morgan fingerprint density at radius 1 is 1.30 bits per heavy atom. The summed E-state index contributed by atoms with van der Waals surface area (Å²) in [5.74, 6) is -0.0431. The average molecular weight is 295 g/mol. The van der Waals surface area contributed by atoms with Gasteiger partial charge in [-0.1, -0.05) is 20.8 Å². The number of piperazine rings is 1. The fraction of sp³-hybridized carbons (Fsp3) is 0.643. The Balaban J connectivity index is 2.19. The maximum Gasteiger partial charge on any atom is 0.246 e. The molecule has 1 fully saturated rings. The summed E-state index contributed by atoms with van der Waals surface area (Å²) in [6, 6.07) is -0.768. The number of hydrogen-bond donors (Lipinski definition) is 1. The van der Waals surface area contributed by atoms with Crippen molar-refractivity contribution >= 4 is 23.2 Å². The van der Waals surface area contributed by atoms with E-state index in [1.165, 1.54) is 4.88 Å². The minimum absolute atomic E-state index is 0.00667. The van der Waals surface area contributed by atoms with E-state index in [1.54, 1.807) is 16.2 Å². The quantitative estimate of drug-likeness (QED) is 0.899. The predicted molar refractivity (Wildman–Crippen MR) is 78.3 cm³/mol. The summed E-state index contributed by atoms with van der Waals surface area (Å²) < 4.78 is 0. The molecule has 1 saturated heterocycles. The summed E-state index contributed by atoms with van der Waals surface area (Å²) in [5, 5.41) is 3.70. The Morgan fingerprint density at radius 3 is 2.60 bits per heavy atom. The molecule has 2 unspecified atom stereocenters. The Bertz CT molecular complexity index is 500. The average Bonchev–Trinajstić information content (AvgIpc) is 2.90. The molecule has 6 heteroatoms. The van der Waals surface area contributed by atoms with Gasteiger partial charge < -0.3 is 10.2 Å². The molecule has 0 aromatic carbocycles. The second-order valence-electron chi connectivity index (χ2n) is 4.93. The summed E-state index contributed by atoms with van der Waals surface area (Å²) in [6.45, 7) is 6.35. The van der Waals surface area contributed by atoms with Gasteiger partial charge in [-0.2, -0.15) is 0 Å². The van der Waals surface area contributed by atoms with E-state index in [1.807, 2.05) is 20.0 Å². The molecule has 0 saturated carbocycles. The number of nitrogens with one attached hydrogen (secondary N) is 1. The van der Waals surface area contributed by atoms with Crippen molar-refractivity contribution in [2.75, 3.05) is 0 Å². The topological polar surface area (TPSA) is 62.3 Å². The van der Waals surface area contributed by atoms with E-state index in [9.17, 15) is 9.59 Å². The molecule has 20 heavy (non-hydrogen) atoms. The fourth-order valence-corrected chi connectivity index (χ4v) is 3.29. The zero-order valence-electron chi connectivity index (χ0n) is 12.2. The molecule has 1 N–H and O–H groups in total. The van der Waals surface area contributed by atoms with Crippen molar-refractivity contribution in [2.45, 2.75) is 58.7 Å². The lowest BCUT2D eigenvalue weighted by atomic mass is 10.0. The Morgan fingerprint density at radius 2 is 2.05 bits per heavy atom. The third kappa shape index (κ3) is 2.85. The summed E-state index contributed by atoms with van der Waals surface area (Å²) in [4.78, 5) is 31.8. The van der Waals surface area contributed by atoms with Crippen molar-refractivity contribution in [1.29, 1.82) is 0 Å². The van der Waals surface area contributed by atoms with Crippen LogP contribution in [0.25, 0.3) is 0 Å². The van der Waals surface area contributed by atoms with Gasteiger partial charge in [-0.3, -0.25) is 9.59 Å². The summed E-state index contributed by atoms with van der Waals surface area (Å²) in [5.41, 5.74) is 0. The van der Waals surface area contributed by atoms with Crippen LogP contribution in [0.2, 0.25) is 0 Å². The molecule has 0 aliphatic carbocycles. The van der Waals surface area contributed by atoms with Gasteiger partial charge in [0, 0.05) is 11.1 Å². The molecule has 0 bridgehead atoms.